The molecule has 3 heteroatoms. The monoisotopic (exact) mass is 436 g/mol. The minimum atomic E-state index is -0.0278. The molecule has 2 aliphatic rings. The molecule has 3 nitrogen and oxygen atoms in total. The number of benzene rings is 3. The van der Waals surface area contributed by atoms with E-state index in [1.807, 2.05) is 24.3 Å². The molecular formula is C30H28O3. The Morgan fingerprint density at radius 1 is 0.909 bits per heavy atom. The minimum Gasteiger partial charge on any atom is -0.454 e. The fourth-order valence-electron chi connectivity index (χ4n) is 4.79. The largest absolute Gasteiger partial charge is 0.454 e. The van der Waals surface area contributed by atoms with Crippen molar-refractivity contribution in [3.63, 3.8) is 0 Å². The molecule has 2 atom stereocenters. The molecule has 0 fully saturated rings. The highest BCUT2D eigenvalue weighted by molar-refractivity contribution is 5.83. The molecule has 0 N–H and O–H groups in total. The van der Waals surface area contributed by atoms with Crippen molar-refractivity contribution in [3.05, 3.63) is 113 Å². The van der Waals surface area contributed by atoms with Crippen LogP contribution in [0, 0.1) is 5.92 Å². The lowest BCUT2D eigenvalue weighted by atomic mass is 9.81. The van der Waals surface area contributed by atoms with Gasteiger partial charge in [-0.25, -0.2) is 0 Å². The van der Waals surface area contributed by atoms with Crippen molar-refractivity contribution in [1.82, 2.24) is 0 Å². The summed E-state index contributed by atoms with van der Waals surface area (Å²) in [5, 5.41) is 0. The zero-order valence-corrected chi connectivity index (χ0v) is 18.9. The lowest BCUT2D eigenvalue weighted by Crippen LogP contribution is -2.15. The fourth-order valence-corrected chi connectivity index (χ4v) is 4.79. The van der Waals surface area contributed by atoms with Crippen LogP contribution in [0.25, 0.3) is 5.57 Å². The van der Waals surface area contributed by atoms with Gasteiger partial charge in [0.2, 0.25) is 6.79 Å². The summed E-state index contributed by atoms with van der Waals surface area (Å²) in [5.74, 6) is 2.01. The van der Waals surface area contributed by atoms with Crippen molar-refractivity contribution < 1.29 is 14.3 Å². The van der Waals surface area contributed by atoms with E-state index >= 15 is 0 Å². The van der Waals surface area contributed by atoms with E-state index in [-0.39, 0.29) is 18.6 Å². The maximum atomic E-state index is 13.0. The standard InChI is InChI=1S/C30H28O3/c1-21(27(31)16-12-22-13-17-28-29(19-22)33-20-32-28)18-25-14-15-26(23-8-4-2-5-9-23)30(25)24-10-6-3-7-11-24/h2-11,13-15,17,19,21,30H,12,16,18,20H2,1H3. The van der Waals surface area contributed by atoms with E-state index in [9.17, 15) is 4.79 Å². The number of hydrogen-bond donors (Lipinski definition) is 0. The summed E-state index contributed by atoms with van der Waals surface area (Å²) in [5.41, 5.74) is 6.23. The summed E-state index contributed by atoms with van der Waals surface area (Å²) >= 11 is 0. The average Bonchev–Trinajstić information content (AvgIpc) is 3.50. The molecular weight excluding hydrogens is 408 g/mol. The number of rotatable bonds is 8. The molecule has 1 heterocycles. The summed E-state index contributed by atoms with van der Waals surface area (Å²) < 4.78 is 10.8. The Morgan fingerprint density at radius 3 is 2.42 bits per heavy atom. The summed E-state index contributed by atoms with van der Waals surface area (Å²) in [6.07, 6.45) is 6.47. The predicted octanol–water partition coefficient (Wildman–Crippen LogP) is 6.75. The molecule has 1 aliphatic carbocycles. The molecule has 3 aromatic carbocycles. The Hall–Kier alpha value is -3.59. The van der Waals surface area contributed by atoms with Gasteiger partial charge < -0.3 is 9.47 Å². The summed E-state index contributed by atoms with van der Waals surface area (Å²) in [6, 6.07) is 27.1. The first-order chi connectivity index (χ1) is 16.2. The van der Waals surface area contributed by atoms with Crippen molar-refractivity contribution in [2.75, 3.05) is 6.79 Å². The minimum absolute atomic E-state index is 0.0278. The smallest absolute Gasteiger partial charge is 0.231 e. The predicted molar refractivity (Wildman–Crippen MR) is 131 cm³/mol. The number of ether oxygens (including phenoxy) is 2. The molecule has 0 spiro atoms. The van der Waals surface area contributed by atoms with E-state index in [0.29, 0.717) is 18.6 Å². The molecule has 0 aromatic heterocycles. The zero-order valence-electron chi connectivity index (χ0n) is 18.9. The SMILES string of the molecule is CC(CC1=CC=C(c2ccccc2)C1c1ccccc1)C(=O)CCc1ccc2c(c1)OCO2. The van der Waals surface area contributed by atoms with Gasteiger partial charge >= 0.3 is 0 Å². The van der Waals surface area contributed by atoms with Crippen molar-refractivity contribution in [3.8, 4) is 11.5 Å². The molecule has 166 valence electrons. The van der Waals surface area contributed by atoms with Gasteiger partial charge in [0.1, 0.15) is 5.78 Å². The van der Waals surface area contributed by atoms with Gasteiger partial charge in [-0.1, -0.05) is 91.4 Å². The van der Waals surface area contributed by atoms with Gasteiger partial charge in [0.25, 0.3) is 0 Å². The number of allylic oxidation sites excluding steroid dienone is 4. The van der Waals surface area contributed by atoms with Crippen LogP contribution in [-0.4, -0.2) is 12.6 Å². The highest BCUT2D eigenvalue weighted by Crippen LogP contribution is 2.44. The van der Waals surface area contributed by atoms with Gasteiger partial charge in [0.05, 0.1) is 0 Å². The average molecular weight is 437 g/mol. The first-order valence-electron chi connectivity index (χ1n) is 11.6. The van der Waals surface area contributed by atoms with Crippen LogP contribution >= 0.6 is 0 Å². The third kappa shape index (κ3) is 4.63. The Morgan fingerprint density at radius 2 is 1.64 bits per heavy atom. The molecule has 0 bridgehead atoms. The molecule has 33 heavy (non-hydrogen) atoms. The number of aryl methyl sites for hydroxylation is 1. The van der Waals surface area contributed by atoms with E-state index in [1.165, 1.54) is 22.3 Å². The van der Waals surface area contributed by atoms with E-state index in [1.54, 1.807) is 0 Å². The number of carbonyl (C=O) groups is 1. The Labute approximate surface area is 195 Å². The van der Waals surface area contributed by atoms with Crippen molar-refractivity contribution in [2.45, 2.75) is 32.1 Å². The molecule has 0 saturated heterocycles. The second kappa shape index (κ2) is 9.50. The van der Waals surface area contributed by atoms with E-state index in [2.05, 4.69) is 73.7 Å². The van der Waals surface area contributed by atoms with E-state index < -0.39 is 0 Å². The number of carbonyl (C=O) groups excluding carboxylic acids is 1. The van der Waals surface area contributed by atoms with Crippen LogP contribution in [0.4, 0.5) is 0 Å². The van der Waals surface area contributed by atoms with Crippen molar-refractivity contribution in [2.24, 2.45) is 5.92 Å². The maximum absolute atomic E-state index is 13.0. The third-order valence-corrected chi connectivity index (χ3v) is 6.59. The van der Waals surface area contributed by atoms with Gasteiger partial charge in [-0.2, -0.15) is 0 Å². The molecule has 1 aliphatic heterocycles. The quantitative estimate of drug-likeness (QED) is 0.392. The van der Waals surface area contributed by atoms with Crippen LogP contribution < -0.4 is 9.47 Å². The molecule has 0 saturated carbocycles. The molecule has 3 aromatic rings. The normalized spacial score (nSPS) is 17.4. The van der Waals surface area contributed by atoms with Gasteiger partial charge in [-0.15, -0.1) is 0 Å². The van der Waals surface area contributed by atoms with Crippen LogP contribution in [-0.2, 0) is 11.2 Å². The second-order valence-corrected chi connectivity index (χ2v) is 8.83. The lowest BCUT2D eigenvalue weighted by Gasteiger charge is -2.22. The number of fused-ring (bicyclic) bond motifs is 1. The first-order valence-corrected chi connectivity index (χ1v) is 11.6. The molecule has 0 amide bonds. The highest BCUT2D eigenvalue weighted by atomic mass is 16.7. The molecule has 5 rings (SSSR count). The van der Waals surface area contributed by atoms with E-state index in [4.69, 9.17) is 9.47 Å². The van der Waals surface area contributed by atoms with Gasteiger partial charge in [-0.3, -0.25) is 4.79 Å². The number of Topliss-reactive ketones (excluding diaryl/α,β-unsaturated/α-hetero) is 1. The van der Waals surface area contributed by atoms with Crippen LogP contribution in [0.1, 0.15) is 42.4 Å². The number of ketones is 1. The van der Waals surface area contributed by atoms with E-state index in [0.717, 1.165) is 23.5 Å². The van der Waals surface area contributed by atoms with Crippen LogP contribution in [0.5, 0.6) is 11.5 Å². The highest BCUT2D eigenvalue weighted by Gasteiger charge is 2.28. The lowest BCUT2D eigenvalue weighted by molar-refractivity contribution is -0.122. The maximum Gasteiger partial charge on any atom is 0.231 e. The summed E-state index contributed by atoms with van der Waals surface area (Å²) in [6.45, 7) is 2.33. The van der Waals surface area contributed by atoms with Gasteiger partial charge in [-0.05, 0) is 47.2 Å². The van der Waals surface area contributed by atoms with Gasteiger partial charge in [0.15, 0.2) is 11.5 Å². The Kier molecular flexibility index (Phi) is 6.12. The fraction of sp³-hybridized carbons (Fsp3) is 0.233. The summed E-state index contributed by atoms with van der Waals surface area (Å²) in [7, 11) is 0. The third-order valence-electron chi connectivity index (χ3n) is 6.59. The van der Waals surface area contributed by atoms with Crippen LogP contribution in [0.2, 0.25) is 0 Å². The van der Waals surface area contributed by atoms with Gasteiger partial charge in [0, 0.05) is 18.3 Å². The number of hydrogen-bond acceptors (Lipinski definition) is 3. The molecule has 0 radical (unpaired) electrons. The summed E-state index contributed by atoms with van der Waals surface area (Å²) in [4.78, 5) is 13.0. The van der Waals surface area contributed by atoms with Crippen LogP contribution in [0.3, 0.4) is 0 Å². The Bertz CT molecular complexity index is 1190. The second-order valence-electron chi connectivity index (χ2n) is 8.83. The zero-order chi connectivity index (χ0) is 22.6. The Balaban J connectivity index is 1.27. The first kappa shape index (κ1) is 21.3. The topological polar surface area (TPSA) is 35.5 Å². The van der Waals surface area contributed by atoms with Crippen molar-refractivity contribution >= 4 is 11.4 Å². The van der Waals surface area contributed by atoms with Crippen molar-refractivity contribution in [1.29, 1.82) is 0 Å². The van der Waals surface area contributed by atoms with Crippen LogP contribution in [0.15, 0.2) is 96.6 Å². The molecule has 2 unspecified atom stereocenters.